The summed E-state index contributed by atoms with van der Waals surface area (Å²) in [7, 11) is 0. The number of nitrogens with zero attached hydrogens (tertiary/aromatic N) is 1. The second-order valence-electron chi connectivity index (χ2n) is 7.74. The van der Waals surface area contributed by atoms with Crippen LogP contribution in [0.15, 0.2) is 58.1 Å². The molecule has 2 aliphatic heterocycles. The van der Waals surface area contributed by atoms with E-state index in [1.165, 1.54) is 22.4 Å². The Balaban J connectivity index is 1.41. The lowest BCUT2D eigenvalue weighted by molar-refractivity contribution is 0.147. The van der Waals surface area contributed by atoms with Crippen LogP contribution in [0.2, 0.25) is 0 Å². The molecular weight excluding hydrogens is 354 g/mol. The standard InChI is InChI=1S/C21H23N5O2/c27-19-10-14(22-21(28)23-19)11-26-9-8-18-17(12-26)20(25-24-18)16-7-3-5-13-4-1-2-6-15(13)16/h1-7,10,17-18,20,24-25H,8-9,11-12H2,(H2,22,23,27,28). The van der Waals surface area contributed by atoms with Crippen molar-refractivity contribution in [3.05, 3.63) is 80.6 Å². The van der Waals surface area contributed by atoms with Crippen LogP contribution in [-0.4, -0.2) is 34.0 Å². The third-order valence-corrected chi connectivity index (χ3v) is 5.96. The minimum Gasteiger partial charge on any atom is -0.310 e. The van der Waals surface area contributed by atoms with Crippen LogP contribution in [0, 0.1) is 5.92 Å². The van der Waals surface area contributed by atoms with E-state index in [0.717, 1.165) is 19.5 Å². The molecule has 2 aromatic carbocycles. The molecular formula is C21H23N5O2. The van der Waals surface area contributed by atoms with Gasteiger partial charge in [-0.1, -0.05) is 42.5 Å². The third kappa shape index (κ3) is 3.17. The van der Waals surface area contributed by atoms with Gasteiger partial charge >= 0.3 is 5.69 Å². The molecule has 0 radical (unpaired) electrons. The Labute approximate surface area is 161 Å². The fourth-order valence-electron chi connectivity index (χ4n) is 4.69. The zero-order valence-corrected chi connectivity index (χ0v) is 15.4. The lowest BCUT2D eigenvalue weighted by Crippen LogP contribution is -2.45. The summed E-state index contributed by atoms with van der Waals surface area (Å²) in [6.45, 7) is 2.39. The van der Waals surface area contributed by atoms with Gasteiger partial charge in [0, 0.05) is 43.4 Å². The average Bonchev–Trinajstić information content (AvgIpc) is 3.10. The Morgan fingerprint density at radius 3 is 2.75 bits per heavy atom. The molecule has 3 unspecified atom stereocenters. The highest BCUT2D eigenvalue weighted by Gasteiger charge is 2.40. The van der Waals surface area contributed by atoms with E-state index >= 15 is 0 Å². The molecule has 2 saturated heterocycles. The highest BCUT2D eigenvalue weighted by Crippen LogP contribution is 2.36. The number of likely N-dealkylation sites (tertiary alicyclic amines) is 1. The lowest BCUT2D eigenvalue weighted by Gasteiger charge is -2.36. The van der Waals surface area contributed by atoms with Gasteiger partial charge in [-0.2, -0.15) is 0 Å². The SMILES string of the molecule is O=c1cc(CN2CCC3NNC(c4cccc5ccccc45)C3C2)[nH]c(=O)[nH]1. The number of nitrogens with one attached hydrogen (secondary N) is 4. The summed E-state index contributed by atoms with van der Waals surface area (Å²) in [6, 6.07) is 17.1. The fourth-order valence-corrected chi connectivity index (χ4v) is 4.69. The molecule has 28 heavy (non-hydrogen) atoms. The van der Waals surface area contributed by atoms with Crippen molar-refractivity contribution in [3.8, 4) is 0 Å². The molecule has 0 saturated carbocycles. The molecule has 7 nitrogen and oxygen atoms in total. The van der Waals surface area contributed by atoms with Gasteiger partial charge in [-0.05, 0) is 22.8 Å². The monoisotopic (exact) mass is 377 g/mol. The first-order chi connectivity index (χ1) is 13.7. The van der Waals surface area contributed by atoms with Crippen molar-refractivity contribution in [2.75, 3.05) is 13.1 Å². The van der Waals surface area contributed by atoms with E-state index in [0.29, 0.717) is 24.2 Å². The van der Waals surface area contributed by atoms with Crippen LogP contribution >= 0.6 is 0 Å². The summed E-state index contributed by atoms with van der Waals surface area (Å²) in [5.74, 6) is 0.410. The van der Waals surface area contributed by atoms with Gasteiger partial charge in [-0.15, -0.1) is 0 Å². The topological polar surface area (TPSA) is 93.0 Å². The first-order valence-corrected chi connectivity index (χ1v) is 9.71. The van der Waals surface area contributed by atoms with Gasteiger partial charge in [-0.25, -0.2) is 10.2 Å². The Hall–Kier alpha value is -2.74. The van der Waals surface area contributed by atoms with Crippen LogP contribution in [-0.2, 0) is 6.54 Å². The van der Waals surface area contributed by atoms with E-state index in [1.54, 1.807) is 0 Å². The number of hydrogen-bond donors (Lipinski definition) is 4. The van der Waals surface area contributed by atoms with E-state index in [9.17, 15) is 9.59 Å². The van der Waals surface area contributed by atoms with E-state index < -0.39 is 5.69 Å². The third-order valence-electron chi connectivity index (χ3n) is 5.96. The molecule has 144 valence electrons. The molecule has 2 aliphatic rings. The quantitative estimate of drug-likeness (QED) is 0.551. The molecule has 4 N–H and O–H groups in total. The minimum atomic E-state index is -0.449. The average molecular weight is 377 g/mol. The van der Waals surface area contributed by atoms with Crippen molar-refractivity contribution in [2.45, 2.75) is 25.0 Å². The predicted octanol–water partition coefficient (Wildman–Crippen LogP) is 1.26. The van der Waals surface area contributed by atoms with Crippen LogP contribution < -0.4 is 22.1 Å². The molecule has 0 amide bonds. The number of rotatable bonds is 3. The summed E-state index contributed by atoms with van der Waals surface area (Å²) < 4.78 is 0. The largest absolute Gasteiger partial charge is 0.325 e. The highest BCUT2D eigenvalue weighted by atomic mass is 16.2. The maximum atomic E-state index is 11.6. The minimum absolute atomic E-state index is 0.220. The number of aromatic amines is 2. The van der Waals surface area contributed by atoms with Crippen molar-refractivity contribution in [2.24, 2.45) is 5.92 Å². The van der Waals surface area contributed by atoms with Gasteiger partial charge in [0.25, 0.3) is 5.56 Å². The Kier molecular flexibility index (Phi) is 4.35. The molecule has 3 heterocycles. The van der Waals surface area contributed by atoms with Gasteiger partial charge in [0.2, 0.25) is 0 Å². The van der Waals surface area contributed by atoms with Crippen molar-refractivity contribution in [1.29, 1.82) is 0 Å². The Bertz CT molecular complexity index is 1090. The maximum absolute atomic E-state index is 11.6. The second-order valence-corrected chi connectivity index (χ2v) is 7.74. The van der Waals surface area contributed by atoms with Gasteiger partial charge in [0.15, 0.2) is 0 Å². The summed E-state index contributed by atoms with van der Waals surface area (Å²) >= 11 is 0. The molecule has 0 spiro atoms. The zero-order chi connectivity index (χ0) is 19.1. The number of hydrazine groups is 1. The second kappa shape index (κ2) is 7.01. The number of benzene rings is 2. The van der Waals surface area contributed by atoms with E-state index in [4.69, 9.17) is 0 Å². The van der Waals surface area contributed by atoms with E-state index in [-0.39, 0.29) is 11.6 Å². The van der Waals surface area contributed by atoms with Crippen molar-refractivity contribution in [1.82, 2.24) is 25.7 Å². The number of hydrogen-bond acceptors (Lipinski definition) is 5. The van der Waals surface area contributed by atoms with Crippen LogP contribution in [0.4, 0.5) is 0 Å². The summed E-state index contributed by atoms with van der Waals surface area (Å²) in [6.07, 6.45) is 1.02. The number of piperidine rings is 1. The molecule has 7 heteroatoms. The van der Waals surface area contributed by atoms with Gasteiger partial charge in [-0.3, -0.25) is 20.1 Å². The van der Waals surface area contributed by atoms with E-state index in [2.05, 4.69) is 68.2 Å². The van der Waals surface area contributed by atoms with Gasteiger partial charge in [0.05, 0.1) is 6.04 Å². The summed E-state index contributed by atoms with van der Waals surface area (Å²) in [5, 5.41) is 2.53. The molecule has 5 rings (SSSR count). The molecule has 2 fully saturated rings. The number of H-pyrrole nitrogens is 2. The number of fused-ring (bicyclic) bond motifs is 2. The van der Waals surface area contributed by atoms with Crippen LogP contribution in [0.1, 0.15) is 23.7 Å². The molecule has 1 aromatic heterocycles. The van der Waals surface area contributed by atoms with Gasteiger partial charge < -0.3 is 4.98 Å². The normalized spacial score (nSPS) is 25.1. The summed E-state index contributed by atoms with van der Waals surface area (Å²) in [5.41, 5.74) is 8.17. The molecule has 0 aliphatic carbocycles. The summed E-state index contributed by atoms with van der Waals surface area (Å²) in [4.78, 5) is 30.4. The predicted molar refractivity (Wildman–Crippen MR) is 108 cm³/mol. The zero-order valence-electron chi connectivity index (χ0n) is 15.4. The fraction of sp³-hybridized carbons (Fsp3) is 0.333. The number of aromatic nitrogens is 2. The Morgan fingerprint density at radius 2 is 1.86 bits per heavy atom. The van der Waals surface area contributed by atoms with Gasteiger partial charge in [0.1, 0.15) is 0 Å². The lowest BCUT2D eigenvalue weighted by atomic mass is 9.83. The maximum Gasteiger partial charge on any atom is 0.325 e. The smallest absolute Gasteiger partial charge is 0.310 e. The molecule has 0 bridgehead atoms. The van der Waals surface area contributed by atoms with Crippen molar-refractivity contribution < 1.29 is 0 Å². The first kappa shape index (κ1) is 17.4. The molecule has 3 atom stereocenters. The van der Waals surface area contributed by atoms with Crippen molar-refractivity contribution >= 4 is 10.8 Å². The van der Waals surface area contributed by atoms with E-state index in [1.807, 2.05) is 0 Å². The first-order valence-electron chi connectivity index (χ1n) is 9.71. The van der Waals surface area contributed by atoms with Crippen LogP contribution in [0.3, 0.4) is 0 Å². The molecule has 3 aromatic rings. The van der Waals surface area contributed by atoms with Crippen LogP contribution in [0.25, 0.3) is 10.8 Å². The Morgan fingerprint density at radius 1 is 1.00 bits per heavy atom. The highest BCUT2D eigenvalue weighted by molar-refractivity contribution is 5.86. The van der Waals surface area contributed by atoms with Crippen molar-refractivity contribution in [3.63, 3.8) is 0 Å². The van der Waals surface area contributed by atoms with Crippen LogP contribution in [0.5, 0.6) is 0 Å².